The fourth-order valence-electron chi connectivity index (χ4n) is 8.43. The molecule has 1 aromatic heterocycles. The average molecular weight is 654 g/mol. The molecule has 1 heterocycles. The number of hydrogen-bond donors (Lipinski definition) is 0. The maximum atomic E-state index is 6.82. The van der Waals surface area contributed by atoms with Crippen molar-refractivity contribution in [2.75, 3.05) is 4.90 Å². The van der Waals surface area contributed by atoms with E-state index in [0.29, 0.717) is 0 Å². The summed E-state index contributed by atoms with van der Waals surface area (Å²) in [5.74, 6) is 0. The summed E-state index contributed by atoms with van der Waals surface area (Å²) in [5, 5.41) is 4.89. The first kappa shape index (κ1) is 29.5. The second kappa shape index (κ2) is 11.3. The van der Waals surface area contributed by atoms with Crippen molar-refractivity contribution >= 4 is 49.8 Å². The molecule has 2 nitrogen and oxygen atoms in total. The van der Waals surface area contributed by atoms with Crippen LogP contribution in [0.1, 0.15) is 25.0 Å². The SMILES string of the molecule is CC1(C)c2ccc(N(c3ccc(-c4ccccc4)cc3)c3ccc(-c4ccccc4)cc3)cc2-c2c1c1ccccc1c1c2oc2ccccc21. The Balaban J connectivity index is 1.19. The maximum absolute atomic E-state index is 6.82. The Morgan fingerprint density at radius 1 is 0.451 bits per heavy atom. The molecular formula is C49H35NO. The second-order valence-electron chi connectivity index (χ2n) is 14.1. The first-order valence-corrected chi connectivity index (χ1v) is 17.7. The lowest BCUT2D eigenvalue weighted by Crippen LogP contribution is -2.16. The number of benzene rings is 8. The summed E-state index contributed by atoms with van der Waals surface area (Å²) < 4.78 is 6.82. The average Bonchev–Trinajstić information content (AvgIpc) is 3.69. The number of rotatable bonds is 5. The lowest BCUT2D eigenvalue weighted by molar-refractivity contribution is 0.657. The van der Waals surface area contributed by atoms with E-state index in [-0.39, 0.29) is 5.41 Å². The molecule has 1 aliphatic rings. The van der Waals surface area contributed by atoms with E-state index >= 15 is 0 Å². The van der Waals surface area contributed by atoms with Crippen molar-refractivity contribution in [3.05, 3.63) is 187 Å². The van der Waals surface area contributed by atoms with Gasteiger partial charge < -0.3 is 9.32 Å². The smallest absolute Gasteiger partial charge is 0.144 e. The normalized spacial score (nSPS) is 13.1. The zero-order valence-electron chi connectivity index (χ0n) is 28.6. The van der Waals surface area contributed by atoms with E-state index in [9.17, 15) is 0 Å². The van der Waals surface area contributed by atoms with Gasteiger partial charge in [-0.05, 0) is 92.2 Å². The van der Waals surface area contributed by atoms with Crippen LogP contribution < -0.4 is 4.90 Å². The maximum Gasteiger partial charge on any atom is 0.144 e. The zero-order valence-corrected chi connectivity index (χ0v) is 28.6. The van der Waals surface area contributed by atoms with Gasteiger partial charge in [0.15, 0.2) is 0 Å². The highest BCUT2D eigenvalue weighted by atomic mass is 16.3. The van der Waals surface area contributed by atoms with Crippen LogP contribution in [0.5, 0.6) is 0 Å². The standard InChI is InChI=1S/C49H35NO/c1-49(2)43-30-29-38(31-42(43)46-47(49)40-18-10-9-17-39(40)45-41-19-11-12-20-44(41)51-48(45)46)50(36-25-21-34(22-26-36)32-13-5-3-6-14-32)37-27-23-35(24-28-37)33-15-7-4-8-16-33/h3-31H,1-2H3. The zero-order chi connectivity index (χ0) is 34.1. The van der Waals surface area contributed by atoms with Gasteiger partial charge in [-0.25, -0.2) is 0 Å². The van der Waals surface area contributed by atoms with Crippen LogP contribution in [0.15, 0.2) is 180 Å². The molecular weight excluding hydrogens is 619 g/mol. The van der Waals surface area contributed by atoms with Gasteiger partial charge in [0.1, 0.15) is 11.2 Å². The molecule has 0 saturated carbocycles. The summed E-state index contributed by atoms with van der Waals surface area (Å²) in [6.07, 6.45) is 0. The van der Waals surface area contributed by atoms with Gasteiger partial charge in [-0.2, -0.15) is 0 Å². The molecule has 0 bridgehead atoms. The van der Waals surface area contributed by atoms with E-state index in [1.165, 1.54) is 60.7 Å². The van der Waals surface area contributed by atoms with Gasteiger partial charge in [0, 0.05) is 38.8 Å². The van der Waals surface area contributed by atoms with Gasteiger partial charge in [-0.1, -0.05) is 147 Å². The molecule has 0 N–H and O–H groups in total. The molecule has 0 atom stereocenters. The van der Waals surface area contributed by atoms with Gasteiger partial charge in [0.05, 0.1) is 0 Å². The van der Waals surface area contributed by atoms with Crippen LogP contribution in [0.4, 0.5) is 17.1 Å². The Kier molecular flexibility index (Phi) is 6.56. The monoisotopic (exact) mass is 653 g/mol. The summed E-state index contributed by atoms with van der Waals surface area (Å²) in [6.45, 7) is 4.72. The number of hydrogen-bond acceptors (Lipinski definition) is 2. The fraction of sp³-hybridized carbons (Fsp3) is 0.0612. The Morgan fingerprint density at radius 2 is 0.941 bits per heavy atom. The molecule has 10 rings (SSSR count). The second-order valence-corrected chi connectivity index (χ2v) is 14.1. The Morgan fingerprint density at radius 3 is 1.55 bits per heavy atom. The number of para-hydroxylation sites is 1. The van der Waals surface area contributed by atoms with Crippen molar-refractivity contribution in [2.45, 2.75) is 19.3 Å². The lowest BCUT2D eigenvalue weighted by Gasteiger charge is -2.27. The van der Waals surface area contributed by atoms with Crippen molar-refractivity contribution in [2.24, 2.45) is 0 Å². The molecule has 1 aliphatic carbocycles. The molecule has 0 aliphatic heterocycles. The molecule has 0 amide bonds. The summed E-state index contributed by atoms with van der Waals surface area (Å²) in [6, 6.07) is 63.4. The van der Waals surface area contributed by atoms with Gasteiger partial charge in [0.2, 0.25) is 0 Å². The van der Waals surface area contributed by atoms with E-state index in [2.05, 4.69) is 195 Å². The van der Waals surface area contributed by atoms with E-state index in [1.807, 2.05) is 0 Å². The van der Waals surface area contributed by atoms with Crippen LogP contribution in [0.2, 0.25) is 0 Å². The predicted octanol–water partition coefficient (Wildman–Crippen LogP) is 13.8. The van der Waals surface area contributed by atoms with Crippen molar-refractivity contribution in [3.63, 3.8) is 0 Å². The molecule has 0 radical (unpaired) electrons. The van der Waals surface area contributed by atoms with Gasteiger partial charge in [-0.3, -0.25) is 0 Å². The quantitative estimate of drug-likeness (QED) is 0.184. The van der Waals surface area contributed by atoms with Crippen LogP contribution in [-0.2, 0) is 5.41 Å². The molecule has 0 fully saturated rings. The summed E-state index contributed by atoms with van der Waals surface area (Å²) in [5.41, 5.74) is 14.9. The lowest BCUT2D eigenvalue weighted by atomic mass is 9.79. The van der Waals surface area contributed by atoms with Gasteiger partial charge in [-0.15, -0.1) is 0 Å². The Bertz CT molecular complexity index is 2660. The molecule has 51 heavy (non-hydrogen) atoms. The van der Waals surface area contributed by atoms with E-state index in [0.717, 1.165) is 33.6 Å². The molecule has 2 heteroatoms. The van der Waals surface area contributed by atoms with Crippen LogP contribution in [-0.4, -0.2) is 0 Å². The van der Waals surface area contributed by atoms with Crippen molar-refractivity contribution < 1.29 is 4.42 Å². The third-order valence-corrected chi connectivity index (χ3v) is 10.8. The van der Waals surface area contributed by atoms with Gasteiger partial charge >= 0.3 is 0 Å². The van der Waals surface area contributed by atoms with Gasteiger partial charge in [0.25, 0.3) is 0 Å². The molecule has 9 aromatic rings. The topological polar surface area (TPSA) is 16.4 Å². The predicted molar refractivity (Wildman–Crippen MR) is 214 cm³/mol. The first-order valence-electron chi connectivity index (χ1n) is 17.7. The van der Waals surface area contributed by atoms with Crippen LogP contribution in [0.3, 0.4) is 0 Å². The minimum atomic E-state index is -0.213. The highest BCUT2D eigenvalue weighted by molar-refractivity contribution is 6.25. The summed E-state index contributed by atoms with van der Waals surface area (Å²) in [7, 11) is 0. The van der Waals surface area contributed by atoms with Crippen LogP contribution >= 0.6 is 0 Å². The number of fused-ring (bicyclic) bond motifs is 10. The molecule has 8 aromatic carbocycles. The minimum absolute atomic E-state index is 0.213. The highest BCUT2D eigenvalue weighted by Crippen LogP contribution is 2.57. The van der Waals surface area contributed by atoms with Crippen molar-refractivity contribution in [3.8, 4) is 33.4 Å². The van der Waals surface area contributed by atoms with E-state index < -0.39 is 0 Å². The third kappa shape index (κ3) is 4.57. The molecule has 0 unspecified atom stereocenters. The molecule has 242 valence electrons. The van der Waals surface area contributed by atoms with Crippen LogP contribution in [0, 0.1) is 0 Å². The van der Waals surface area contributed by atoms with E-state index in [1.54, 1.807) is 0 Å². The third-order valence-electron chi connectivity index (χ3n) is 10.8. The number of nitrogens with zero attached hydrogens (tertiary/aromatic N) is 1. The Labute approximate surface area is 297 Å². The van der Waals surface area contributed by atoms with E-state index in [4.69, 9.17) is 4.42 Å². The Hall–Kier alpha value is -6.38. The highest BCUT2D eigenvalue weighted by Gasteiger charge is 2.40. The van der Waals surface area contributed by atoms with Crippen LogP contribution in [0.25, 0.3) is 66.1 Å². The minimum Gasteiger partial charge on any atom is -0.455 e. The number of furan rings is 1. The van der Waals surface area contributed by atoms with Crippen molar-refractivity contribution in [1.29, 1.82) is 0 Å². The molecule has 0 saturated heterocycles. The van der Waals surface area contributed by atoms with Crippen molar-refractivity contribution in [1.82, 2.24) is 0 Å². The fourth-order valence-corrected chi connectivity index (χ4v) is 8.43. The molecule has 0 spiro atoms. The largest absolute Gasteiger partial charge is 0.455 e. The summed E-state index contributed by atoms with van der Waals surface area (Å²) in [4.78, 5) is 2.38. The first-order chi connectivity index (χ1) is 25.1. The number of anilines is 3. The summed E-state index contributed by atoms with van der Waals surface area (Å²) >= 11 is 0.